The molecule has 34 heavy (non-hydrogen) atoms. The molecule has 2 saturated carbocycles. The summed E-state index contributed by atoms with van der Waals surface area (Å²) >= 11 is 1.44. The lowest BCUT2D eigenvalue weighted by molar-refractivity contribution is 0.0825. The summed E-state index contributed by atoms with van der Waals surface area (Å²) in [4.78, 5) is 32.1. The van der Waals surface area contributed by atoms with Gasteiger partial charge in [-0.1, -0.05) is 13.8 Å². The Labute approximate surface area is 202 Å². The molecule has 0 radical (unpaired) electrons. The third kappa shape index (κ3) is 4.38. The fourth-order valence-electron chi connectivity index (χ4n) is 5.08. The third-order valence-electron chi connectivity index (χ3n) is 6.99. The van der Waals surface area contributed by atoms with E-state index < -0.39 is 21.1 Å². The van der Waals surface area contributed by atoms with Gasteiger partial charge in [-0.15, -0.1) is 11.3 Å². The van der Waals surface area contributed by atoms with E-state index in [-0.39, 0.29) is 27.9 Å². The van der Waals surface area contributed by atoms with Gasteiger partial charge in [0, 0.05) is 23.2 Å². The Hall–Kier alpha value is -2.30. The second kappa shape index (κ2) is 7.86. The third-order valence-corrected chi connectivity index (χ3v) is 9.53. The molecule has 0 saturated heterocycles. The number of nitrogens with zero attached hydrogens (tertiary/aromatic N) is 3. The molecule has 2 aliphatic carbocycles. The van der Waals surface area contributed by atoms with Gasteiger partial charge in [-0.3, -0.25) is 13.9 Å². The van der Waals surface area contributed by atoms with Crippen LogP contribution in [-0.2, 0) is 23.1 Å². The number of thiazole rings is 1. The van der Waals surface area contributed by atoms with Crippen molar-refractivity contribution in [3.8, 4) is 0 Å². The lowest BCUT2D eigenvalue weighted by Crippen LogP contribution is -2.43. The summed E-state index contributed by atoms with van der Waals surface area (Å²) in [6.07, 6.45) is 5.26. The maximum Gasteiger partial charge on any atom is 0.331 e. The number of aromatic nitrogens is 3. The lowest BCUT2D eigenvalue weighted by Gasteiger charge is -2.43. The molecule has 1 aromatic carbocycles. The first-order valence-electron chi connectivity index (χ1n) is 11.6. The van der Waals surface area contributed by atoms with Crippen LogP contribution in [0.3, 0.4) is 0 Å². The van der Waals surface area contributed by atoms with Crippen molar-refractivity contribution in [1.29, 1.82) is 0 Å². The molecule has 1 N–H and O–H groups in total. The van der Waals surface area contributed by atoms with Gasteiger partial charge in [-0.05, 0) is 69.1 Å². The van der Waals surface area contributed by atoms with Crippen LogP contribution in [0, 0.1) is 18.3 Å². The van der Waals surface area contributed by atoms with Crippen LogP contribution in [0.15, 0.2) is 38.9 Å². The van der Waals surface area contributed by atoms with Crippen LogP contribution in [0.1, 0.15) is 56.3 Å². The molecular weight excluding hydrogens is 472 g/mol. The zero-order chi connectivity index (χ0) is 24.5. The minimum atomic E-state index is -3.78. The van der Waals surface area contributed by atoms with E-state index in [1.165, 1.54) is 28.0 Å². The fourth-order valence-corrected chi connectivity index (χ4v) is 7.36. The molecular formula is C24H30N4O4S2. The fraction of sp³-hybridized carbons (Fsp3) is 0.542. The molecule has 3 aromatic rings. The maximum absolute atomic E-state index is 13.5. The maximum atomic E-state index is 13.5. The van der Waals surface area contributed by atoms with Gasteiger partial charge in [-0.2, -0.15) is 0 Å². The number of fused-ring (bicyclic) bond motifs is 1. The van der Waals surface area contributed by atoms with Gasteiger partial charge >= 0.3 is 5.69 Å². The van der Waals surface area contributed by atoms with Crippen molar-refractivity contribution in [2.24, 2.45) is 11.3 Å². The van der Waals surface area contributed by atoms with E-state index in [1.54, 1.807) is 16.8 Å². The van der Waals surface area contributed by atoms with Crippen molar-refractivity contribution in [2.45, 2.75) is 76.9 Å². The Morgan fingerprint density at radius 2 is 1.85 bits per heavy atom. The smallest absolute Gasteiger partial charge is 0.293 e. The van der Waals surface area contributed by atoms with Crippen LogP contribution in [0.25, 0.3) is 10.9 Å². The van der Waals surface area contributed by atoms with E-state index in [4.69, 9.17) is 0 Å². The summed E-state index contributed by atoms with van der Waals surface area (Å²) in [5, 5.41) is 1.09. The van der Waals surface area contributed by atoms with Crippen molar-refractivity contribution in [3.63, 3.8) is 0 Å². The van der Waals surface area contributed by atoms with Gasteiger partial charge in [0.1, 0.15) is 0 Å². The number of hydrogen-bond donors (Lipinski definition) is 1. The van der Waals surface area contributed by atoms with Crippen LogP contribution in [0.4, 0.5) is 0 Å². The van der Waals surface area contributed by atoms with Crippen molar-refractivity contribution in [2.75, 3.05) is 0 Å². The summed E-state index contributed by atoms with van der Waals surface area (Å²) in [6, 6.07) is 4.52. The molecule has 182 valence electrons. The van der Waals surface area contributed by atoms with Gasteiger partial charge in [0.15, 0.2) is 0 Å². The van der Waals surface area contributed by atoms with E-state index in [0.29, 0.717) is 18.0 Å². The number of rotatable bonds is 7. The molecule has 0 aliphatic heterocycles. The minimum absolute atomic E-state index is 0.0420. The lowest BCUT2D eigenvalue weighted by atomic mass is 9.64. The molecule has 8 nitrogen and oxygen atoms in total. The van der Waals surface area contributed by atoms with Gasteiger partial charge < -0.3 is 0 Å². The first-order chi connectivity index (χ1) is 15.9. The highest BCUT2D eigenvalue weighted by atomic mass is 32.2. The number of hydrogen-bond acceptors (Lipinski definition) is 6. The van der Waals surface area contributed by atoms with Crippen LogP contribution >= 0.6 is 11.3 Å². The van der Waals surface area contributed by atoms with Crippen molar-refractivity contribution in [1.82, 2.24) is 18.8 Å². The van der Waals surface area contributed by atoms with E-state index in [2.05, 4.69) is 23.6 Å². The minimum Gasteiger partial charge on any atom is -0.293 e. The van der Waals surface area contributed by atoms with E-state index in [9.17, 15) is 18.0 Å². The SMILES string of the molecule is Cc1ncc(Cn2c(=O)c3cc(S(=O)(=O)NC4(C)CC4)ccc3n(CC3CC(C)(C)C3)c2=O)s1. The van der Waals surface area contributed by atoms with Gasteiger partial charge in [0.2, 0.25) is 10.0 Å². The van der Waals surface area contributed by atoms with E-state index >= 15 is 0 Å². The summed E-state index contributed by atoms with van der Waals surface area (Å²) in [5.74, 6) is 0.340. The Morgan fingerprint density at radius 3 is 2.44 bits per heavy atom. The van der Waals surface area contributed by atoms with E-state index in [1.807, 2.05) is 13.8 Å². The Balaban J connectivity index is 1.64. The second-order valence-electron chi connectivity index (χ2n) is 10.9. The van der Waals surface area contributed by atoms with Crippen LogP contribution in [-0.4, -0.2) is 28.1 Å². The van der Waals surface area contributed by atoms with Gasteiger partial charge in [0.05, 0.1) is 27.4 Å². The molecule has 0 bridgehead atoms. The van der Waals surface area contributed by atoms with Gasteiger partial charge in [-0.25, -0.2) is 22.9 Å². The average molecular weight is 503 g/mol. The molecule has 2 aliphatic rings. The first-order valence-corrected chi connectivity index (χ1v) is 13.9. The van der Waals surface area contributed by atoms with Crippen LogP contribution < -0.4 is 16.0 Å². The van der Waals surface area contributed by atoms with Gasteiger partial charge in [0.25, 0.3) is 5.56 Å². The topological polar surface area (TPSA) is 103 Å². The standard InChI is InChI=1S/C24H30N4O4S2/c1-15-25-12-17(33-15)14-28-21(29)19-9-18(34(31,32)26-24(4)7-8-24)5-6-20(19)27(22(28)30)13-16-10-23(2,3)11-16/h5-6,9,12,16,26H,7-8,10-11,13-14H2,1-4H3. The second-order valence-corrected chi connectivity index (χ2v) is 13.9. The number of benzene rings is 1. The van der Waals surface area contributed by atoms with Crippen LogP contribution in [0.2, 0.25) is 0 Å². The molecule has 2 heterocycles. The van der Waals surface area contributed by atoms with E-state index in [0.717, 1.165) is 35.6 Å². The Kier molecular flexibility index (Phi) is 5.42. The number of aryl methyl sites for hydroxylation is 1. The van der Waals surface area contributed by atoms with Crippen molar-refractivity contribution < 1.29 is 8.42 Å². The Morgan fingerprint density at radius 1 is 1.15 bits per heavy atom. The summed E-state index contributed by atoms with van der Waals surface area (Å²) in [7, 11) is -3.78. The predicted molar refractivity (Wildman–Crippen MR) is 133 cm³/mol. The molecule has 10 heteroatoms. The highest BCUT2D eigenvalue weighted by Gasteiger charge is 2.41. The number of nitrogens with one attached hydrogen (secondary N) is 1. The summed E-state index contributed by atoms with van der Waals surface area (Å²) in [5.41, 5.74) is -0.537. The molecule has 0 spiro atoms. The average Bonchev–Trinajstić information content (AvgIpc) is 3.30. The van der Waals surface area contributed by atoms with Crippen molar-refractivity contribution >= 4 is 32.3 Å². The monoisotopic (exact) mass is 502 g/mol. The normalized spacial score (nSPS) is 19.3. The number of sulfonamides is 1. The quantitative estimate of drug-likeness (QED) is 0.534. The molecule has 2 fully saturated rings. The summed E-state index contributed by atoms with van der Waals surface area (Å²) in [6.45, 7) is 8.78. The molecule has 0 unspecified atom stereocenters. The molecule has 0 atom stereocenters. The highest BCUT2D eigenvalue weighted by Crippen LogP contribution is 2.45. The zero-order valence-corrected chi connectivity index (χ0v) is 21.6. The highest BCUT2D eigenvalue weighted by molar-refractivity contribution is 7.89. The first kappa shape index (κ1) is 23.4. The summed E-state index contributed by atoms with van der Waals surface area (Å²) < 4.78 is 31.6. The predicted octanol–water partition coefficient (Wildman–Crippen LogP) is 3.24. The molecule has 2 aromatic heterocycles. The Bertz CT molecular complexity index is 1500. The zero-order valence-electron chi connectivity index (χ0n) is 19.9. The van der Waals surface area contributed by atoms with Crippen LogP contribution in [0.5, 0.6) is 0 Å². The molecule has 5 rings (SSSR count). The largest absolute Gasteiger partial charge is 0.331 e. The molecule has 0 amide bonds. The van der Waals surface area contributed by atoms with Crippen molar-refractivity contribution in [3.05, 3.63) is 55.1 Å².